The van der Waals surface area contributed by atoms with Crippen LogP contribution in [0.2, 0.25) is 0 Å². The lowest BCUT2D eigenvalue weighted by Gasteiger charge is -2.07. The molecule has 3 amide bonds. The number of primary amides is 1. The van der Waals surface area contributed by atoms with Crippen molar-refractivity contribution in [1.29, 1.82) is 0 Å². The standard InChI is InChI=1S/C13H12FN3O2S2/c1-7(11(18)17-12(15)19)21-13-16-10(6-20-13)8-2-4-9(14)5-3-8/h2-7H,1H3,(H3,15,17,18,19). The maximum Gasteiger partial charge on any atom is 0.318 e. The summed E-state index contributed by atoms with van der Waals surface area (Å²) >= 11 is 2.60. The zero-order valence-corrected chi connectivity index (χ0v) is 12.6. The Balaban J connectivity index is 2.04. The number of halogens is 1. The average molecular weight is 325 g/mol. The molecule has 0 fully saturated rings. The highest BCUT2D eigenvalue weighted by molar-refractivity contribution is 8.02. The predicted molar refractivity (Wildman–Crippen MR) is 80.6 cm³/mol. The van der Waals surface area contributed by atoms with E-state index in [-0.39, 0.29) is 5.82 Å². The lowest BCUT2D eigenvalue weighted by molar-refractivity contribution is -0.119. The van der Waals surface area contributed by atoms with Gasteiger partial charge in [0.25, 0.3) is 0 Å². The summed E-state index contributed by atoms with van der Waals surface area (Å²) in [5.41, 5.74) is 6.41. The number of carbonyl (C=O) groups excluding carboxylic acids is 2. The van der Waals surface area contributed by atoms with Gasteiger partial charge >= 0.3 is 6.03 Å². The molecule has 0 bridgehead atoms. The van der Waals surface area contributed by atoms with Gasteiger partial charge in [0.2, 0.25) is 5.91 Å². The summed E-state index contributed by atoms with van der Waals surface area (Å²) in [5, 5.41) is 3.35. The summed E-state index contributed by atoms with van der Waals surface area (Å²) in [6, 6.07) is 5.14. The normalized spacial score (nSPS) is 11.9. The van der Waals surface area contributed by atoms with Gasteiger partial charge in [-0.1, -0.05) is 11.8 Å². The molecule has 2 aromatic rings. The van der Waals surface area contributed by atoms with Crippen LogP contribution >= 0.6 is 23.1 Å². The second-order valence-electron chi connectivity index (χ2n) is 4.12. The van der Waals surface area contributed by atoms with E-state index < -0.39 is 17.2 Å². The van der Waals surface area contributed by atoms with Crippen LogP contribution in [0.5, 0.6) is 0 Å². The first-order chi connectivity index (χ1) is 9.95. The van der Waals surface area contributed by atoms with Crippen molar-refractivity contribution >= 4 is 35.0 Å². The van der Waals surface area contributed by atoms with Crippen molar-refractivity contribution in [2.45, 2.75) is 16.5 Å². The first-order valence-corrected chi connectivity index (χ1v) is 7.70. The molecule has 2 rings (SSSR count). The molecular formula is C13H12FN3O2S2. The minimum atomic E-state index is -0.876. The molecule has 21 heavy (non-hydrogen) atoms. The van der Waals surface area contributed by atoms with Crippen molar-refractivity contribution in [3.8, 4) is 11.3 Å². The Labute approximate surface area is 128 Å². The summed E-state index contributed by atoms with van der Waals surface area (Å²) in [6.07, 6.45) is 0. The van der Waals surface area contributed by atoms with Gasteiger partial charge in [0.05, 0.1) is 10.9 Å². The Morgan fingerprint density at radius 1 is 1.38 bits per heavy atom. The summed E-state index contributed by atoms with van der Waals surface area (Å²) in [7, 11) is 0. The number of urea groups is 1. The Morgan fingerprint density at radius 2 is 2.05 bits per heavy atom. The average Bonchev–Trinajstić information content (AvgIpc) is 2.87. The monoisotopic (exact) mass is 325 g/mol. The highest BCUT2D eigenvalue weighted by Crippen LogP contribution is 2.30. The largest absolute Gasteiger partial charge is 0.351 e. The Bertz CT molecular complexity index is 658. The van der Waals surface area contributed by atoms with Crippen LogP contribution < -0.4 is 11.1 Å². The molecule has 1 atom stereocenters. The lowest BCUT2D eigenvalue weighted by atomic mass is 10.2. The minimum absolute atomic E-state index is 0.305. The number of rotatable bonds is 4. The van der Waals surface area contributed by atoms with Crippen molar-refractivity contribution in [2.75, 3.05) is 0 Å². The number of aromatic nitrogens is 1. The Kier molecular flexibility index (Phi) is 4.92. The molecule has 0 saturated heterocycles. The van der Waals surface area contributed by atoms with Crippen LogP contribution in [0.15, 0.2) is 34.0 Å². The molecule has 0 aliphatic heterocycles. The lowest BCUT2D eigenvalue weighted by Crippen LogP contribution is -2.39. The van der Waals surface area contributed by atoms with Crippen molar-refractivity contribution in [3.63, 3.8) is 0 Å². The summed E-state index contributed by atoms with van der Waals surface area (Å²) < 4.78 is 13.6. The van der Waals surface area contributed by atoms with Gasteiger partial charge in [0.15, 0.2) is 4.34 Å². The number of nitrogens with two attached hydrogens (primary N) is 1. The van der Waals surface area contributed by atoms with Gasteiger partial charge < -0.3 is 5.73 Å². The number of amides is 3. The molecule has 1 heterocycles. The van der Waals surface area contributed by atoms with Gasteiger partial charge in [-0.3, -0.25) is 10.1 Å². The zero-order valence-electron chi connectivity index (χ0n) is 11.0. The maximum atomic E-state index is 12.9. The van der Waals surface area contributed by atoms with Crippen molar-refractivity contribution in [1.82, 2.24) is 10.3 Å². The van der Waals surface area contributed by atoms with Crippen molar-refractivity contribution < 1.29 is 14.0 Å². The topological polar surface area (TPSA) is 85.1 Å². The molecule has 3 N–H and O–H groups in total. The second kappa shape index (κ2) is 6.68. The number of thioether (sulfide) groups is 1. The minimum Gasteiger partial charge on any atom is -0.351 e. The molecule has 1 aromatic carbocycles. The molecule has 1 aromatic heterocycles. The number of hydrogen-bond acceptors (Lipinski definition) is 5. The molecule has 0 aliphatic rings. The fourth-order valence-electron chi connectivity index (χ4n) is 1.49. The van der Waals surface area contributed by atoms with E-state index in [1.807, 2.05) is 10.7 Å². The van der Waals surface area contributed by atoms with Gasteiger partial charge in [-0.2, -0.15) is 0 Å². The summed E-state index contributed by atoms with van der Waals surface area (Å²) in [6.45, 7) is 1.65. The fraction of sp³-hybridized carbons (Fsp3) is 0.154. The third kappa shape index (κ3) is 4.27. The van der Waals surface area contributed by atoms with E-state index in [9.17, 15) is 14.0 Å². The molecule has 0 aliphatic carbocycles. The molecule has 1 unspecified atom stereocenters. The van der Waals surface area contributed by atoms with E-state index in [0.717, 1.165) is 5.56 Å². The maximum absolute atomic E-state index is 12.9. The predicted octanol–water partition coefficient (Wildman–Crippen LogP) is 2.62. The molecule has 0 saturated carbocycles. The Hall–Kier alpha value is -1.93. The van der Waals surface area contributed by atoms with Crippen molar-refractivity contribution in [2.24, 2.45) is 5.73 Å². The molecular weight excluding hydrogens is 313 g/mol. The van der Waals surface area contributed by atoms with Gasteiger partial charge in [0.1, 0.15) is 5.82 Å². The quantitative estimate of drug-likeness (QED) is 0.846. The number of nitrogens with one attached hydrogen (secondary N) is 1. The summed E-state index contributed by atoms with van der Waals surface area (Å²) in [5.74, 6) is -0.772. The van der Waals surface area contributed by atoms with E-state index in [1.54, 1.807) is 19.1 Å². The van der Waals surface area contributed by atoms with Gasteiger partial charge in [-0.05, 0) is 31.2 Å². The van der Waals surface area contributed by atoms with E-state index in [1.165, 1.54) is 35.2 Å². The number of benzene rings is 1. The van der Waals surface area contributed by atoms with Crippen molar-refractivity contribution in [3.05, 3.63) is 35.5 Å². The van der Waals surface area contributed by atoms with Crippen LogP contribution in [0.25, 0.3) is 11.3 Å². The third-order valence-corrected chi connectivity index (χ3v) is 4.59. The first-order valence-electron chi connectivity index (χ1n) is 5.94. The molecule has 5 nitrogen and oxygen atoms in total. The van der Waals surface area contributed by atoms with Crippen LogP contribution in [0.4, 0.5) is 9.18 Å². The number of thiazole rings is 1. The smallest absolute Gasteiger partial charge is 0.318 e. The SMILES string of the molecule is CC(Sc1nc(-c2ccc(F)cc2)cs1)C(=O)NC(N)=O. The van der Waals surface area contributed by atoms with Crippen LogP contribution in [0.3, 0.4) is 0 Å². The van der Waals surface area contributed by atoms with Crippen LogP contribution in [0.1, 0.15) is 6.92 Å². The molecule has 8 heteroatoms. The fourth-order valence-corrected chi connectivity index (χ4v) is 3.46. The van der Waals surface area contributed by atoms with E-state index in [4.69, 9.17) is 5.73 Å². The van der Waals surface area contributed by atoms with Crippen LogP contribution in [-0.2, 0) is 4.79 Å². The Morgan fingerprint density at radius 3 is 2.67 bits per heavy atom. The van der Waals surface area contributed by atoms with E-state index in [0.29, 0.717) is 10.0 Å². The number of carbonyl (C=O) groups is 2. The molecule has 110 valence electrons. The molecule has 0 spiro atoms. The molecule has 0 radical (unpaired) electrons. The highest BCUT2D eigenvalue weighted by atomic mass is 32.2. The van der Waals surface area contributed by atoms with Crippen LogP contribution in [0, 0.1) is 5.82 Å². The second-order valence-corrected chi connectivity index (χ2v) is 6.57. The zero-order chi connectivity index (χ0) is 15.4. The number of nitrogens with zero attached hydrogens (tertiary/aromatic N) is 1. The van der Waals surface area contributed by atoms with Gasteiger partial charge in [-0.15, -0.1) is 11.3 Å². The highest BCUT2D eigenvalue weighted by Gasteiger charge is 2.17. The third-order valence-electron chi connectivity index (χ3n) is 2.52. The summed E-state index contributed by atoms with van der Waals surface area (Å²) in [4.78, 5) is 26.6. The van der Waals surface area contributed by atoms with E-state index >= 15 is 0 Å². The van der Waals surface area contributed by atoms with Gasteiger partial charge in [-0.25, -0.2) is 14.2 Å². The van der Waals surface area contributed by atoms with Crippen LogP contribution in [-0.4, -0.2) is 22.2 Å². The number of hydrogen-bond donors (Lipinski definition) is 2. The number of imide groups is 1. The first kappa shape index (κ1) is 15.5. The van der Waals surface area contributed by atoms with Gasteiger partial charge in [0, 0.05) is 10.9 Å². The van der Waals surface area contributed by atoms with E-state index in [2.05, 4.69) is 4.98 Å².